The third-order valence-corrected chi connectivity index (χ3v) is 3.94. The number of aromatic nitrogens is 2. The zero-order valence-corrected chi connectivity index (χ0v) is 11.4. The molecule has 0 radical (unpaired) electrons. The Morgan fingerprint density at radius 2 is 2.11 bits per heavy atom. The molecular formula is C15H21N3. The van der Waals surface area contributed by atoms with Crippen LogP contribution < -0.4 is 5.32 Å². The Hall–Kier alpha value is -1.35. The number of aryl methyl sites for hydroxylation is 2. The van der Waals surface area contributed by atoms with Crippen molar-refractivity contribution in [2.45, 2.75) is 39.7 Å². The van der Waals surface area contributed by atoms with Gasteiger partial charge < -0.3 is 10.3 Å². The first kappa shape index (κ1) is 11.7. The van der Waals surface area contributed by atoms with Gasteiger partial charge in [-0.05, 0) is 56.3 Å². The van der Waals surface area contributed by atoms with Crippen LogP contribution in [0.25, 0.3) is 11.0 Å². The van der Waals surface area contributed by atoms with Gasteiger partial charge in [0, 0.05) is 0 Å². The molecule has 18 heavy (non-hydrogen) atoms. The van der Waals surface area contributed by atoms with Gasteiger partial charge in [0.1, 0.15) is 5.82 Å². The Labute approximate surface area is 108 Å². The number of rotatable bonds is 1. The third-order valence-electron chi connectivity index (χ3n) is 3.94. The number of fused-ring (bicyclic) bond motifs is 1. The van der Waals surface area contributed by atoms with Crippen LogP contribution in [0.2, 0.25) is 0 Å². The Morgan fingerprint density at radius 1 is 1.28 bits per heavy atom. The van der Waals surface area contributed by atoms with Crippen molar-refractivity contribution < 1.29 is 0 Å². The van der Waals surface area contributed by atoms with Crippen LogP contribution in [-0.4, -0.2) is 16.5 Å². The topological polar surface area (TPSA) is 40.7 Å². The van der Waals surface area contributed by atoms with Gasteiger partial charge >= 0.3 is 0 Å². The number of hydrogen-bond acceptors (Lipinski definition) is 2. The minimum Gasteiger partial charge on any atom is -0.341 e. The number of nitrogens with zero attached hydrogens (tertiary/aromatic N) is 1. The molecule has 0 bridgehead atoms. The lowest BCUT2D eigenvalue weighted by atomic mass is 9.94. The molecule has 96 valence electrons. The normalized spacial score (nSPS) is 24.6. The molecule has 1 aliphatic heterocycles. The van der Waals surface area contributed by atoms with E-state index in [1.165, 1.54) is 29.5 Å². The molecule has 3 heteroatoms. The molecule has 2 N–H and O–H groups in total. The maximum absolute atomic E-state index is 4.79. The van der Waals surface area contributed by atoms with Crippen LogP contribution in [0.15, 0.2) is 12.1 Å². The van der Waals surface area contributed by atoms with Gasteiger partial charge in [-0.25, -0.2) is 4.98 Å². The van der Waals surface area contributed by atoms with Crippen molar-refractivity contribution >= 4 is 11.0 Å². The zero-order valence-electron chi connectivity index (χ0n) is 11.4. The summed E-state index contributed by atoms with van der Waals surface area (Å²) in [6.07, 6.45) is 2.45. The van der Waals surface area contributed by atoms with Crippen molar-refractivity contribution in [3.05, 3.63) is 29.1 Å². The fourth-order valence-corrected chi connectivity index (χ4v) is 2.97. The monoisotopic (exact) mass is 243 g/mol. The number of hydrogen-bond donors (Lipinski definition) is 2. The molecule has 2 heterocycles. The Balaban J connectivity index is 2.00. The maximum Gasteiger partial charge on any atom is 0.124 e. The summed E-state index contributed by atoms with van der Waals surface area (Å²) in [5.41, 5.74) is 4.84. The number of imidazole rings is 1. The van der Waals surface area contributed by atoms with Crippen LogP contribution in [-0.2, 0) is 0 Å². The molecule has 3 nitrogen and oxygen atoms in total. The molecular weight excluding hydrogens is 222 g/mol. The standard InChI is InChI=1S/C15H21N3/c1-9-4-5-16-13(7-9)15-17-12-8-10(2)6-11(3)14(12)18-15/h6,8-9,13,16H,4-5,7H2,1-3H3,(H,17,18). The second-order valence-electron chi connectivity index (χ2n) is 5.74. The highest BCUT2D eigenvalue weighted by atomic mass is 15.0. The van der Waals surface area contributed by atoms with Gasteiger partial charge in [-0.15, -0.1) is 0 Å². The number of nitrogens with one attached hydrogen (secondary N) is 2. The molecule has 1 aromatic heterocycles. The maximum atomic E-state index is 4.79. The quantitative estimate of drug-likeness (QED) is 0.807. The summed E-state index contributed by atoms with van der Waals surface area (Å²) in [4.78, 5) is 8.29. The number of H-pyrrole nitrogens is 1. The lowest BCUT2D eigenvalue weighted by molar-refractivity contribution is 0.317. The van der Waals surface area contributed by atoms with E-state index in [-0.39, 0.29) is 0 Å². The second-order valence-corrected chi connectivity index (χ2v) is 5.74. The highest BCUT2D eigenvalue weighted by molar-refractivity contribution is 5.79. The van der Waals surface area contributed by atoms with Gasteiger partial charge in [-0.1, -0.05) is 13.0 Å². The summed E-state index contributed by atoms with van der Waals surface area (Å²) in [5.74, 6) is 1.89. The largest absolute Gasteiger partial charge is 0.341 e. The Morgan fingerprint density at radius 3 is 2.89 bits per heavy atom. The third kappa shape index (κ3) is 2.03. The SMILES string of the molecule is Cc1cc(C)c2nc(C3CC(C)CCN3)[nH]c2c1. The van der Waals surface area contributed by atoms with E-state index in [0.717, 1.165) is 23.8 Å². The van der Waals surface area contributed by atoms with Crippen LogP contribution in [0.4, 0.5) is 0 Å². The minimum absolute atomic E-state index is 0.390. The first-order valence-corrected chi connectivity index (χ1v) is 6.83. The summed E-state index contributed by atoms with van der Waals surface area (Å²) < 4.78 is 0. The van der Waals surface area contributed by atoms with Crippen LogP contribution in [0.5, 0.6) is 0 Å². The van der Waals surface area contributed by atoms with Gasteiger partial charge in [0.25, 0.3) is 0 Å². The molecule has 1 aromatic carbocycles. The Kier molecular flexibility index (Phi) is 2.86. The van der Waals surface area contributed by atoms with E-state index in [0.29, 0.717) is 6.04 Å². The van der Waals surface area contributed by atoms with Crippen molar-refractivity contribution in [1.29, 1.82) is 0 Å². The minimum atomic E-state index is 0.390. The molecule has 0 amide bonds. The molecule has 0 aliphatic carbocycles. The molecule has 3 rings (SSSR count). The second kappa shape index (κ2) is 4.39. The van der Waals surface area contributed by atoms with E-state index in [2.05, 4.69) is 43.2 Å². The van der Waals surface area contributed by atoms with E-state index >= 15 is 0 Å². The van der Waals surface area contributed by atoms with Crippen LogP contribution >= 0.6 is 0 Å². The van der Waals surface area contributed by atoms with Gasteiger partial charge in [0.15, 0.2) is 0 Å². The fourth-order valence-electron chi connectivity index (χ4n) is 2.97. The summed E-state index contributed by atoms with van der Waals surface area (Å²) >= 11 is 0. The number of aromatic amines is 1. The van der Waals surface area contributed by atoms with Crippen LogP contribution in [0.1, 0.15) is 42.8 Å². The van der Waals surface area contributed by atoms with E-state index in [1.807, 2.05) is 0 Å². The average molecular weight is 243 g/mol. The van der Waals surface area contributed by atoms with Gasteiger partial charge in [-0.3, -0.25) is 0 Å². The van der Waals surface area contributed by atoms with E-state index in [1.54, 1.807) is 0 Å². The van der Waals surface area contributed by atoms with Crippen molar-refractivity contribution in [1.82, 2.24) is 15.3 Å². The first-order valence-electron chi connectivity index (χ1n) is 6.83. The van der Waals surface area contributed by atoms with E-state index < -0.39 is 0 Å². The molecule has 1 saturated heterocycles. The lowest BCUT2D eigenvalue weighted by Gasteiger charge is -2.26. The number of benzene rings is 1. The molecule has 2 aromatic rings. The van der Waals surface area contributed by atoms with E-state index in [4.69, 9.17) is 4.98 Å². The summed E-state index contributed by atoms with van der Waals surface area (Å²) in [5, 5.41) is 3.57. The van der Waals surface area contributed by atoms with Gasteiger partial charge in [0.05, 0.1) is 17.1 Å². The molecule has 0 saturated carbocycles. The predicted octanol–water partition coefficient (Wildman–Crippen LogP) is 3.24. The summed E-state index contributed by atoms with van der Waals surface area (Å²) in [7, 11) is 0. The van der Waals surface area contributed by atoms with Gasteiger partial charge in [-0.2, -0.15) is 0 Å². The zero-order chi connectivity index (χ0) is 12.7. The molecule has 1 aliphatic rings. The number of piperidine rings is 1. The first-order chi connectivity index (χ1) is 8.63. The van der Waals surface area contributed by atoms with E-state index in [9.17, 15) is 0 Å². The Bertz CT molecular complexity index is 570. The fraction of sp³-hybridized carbons (Fsp3) is 0.533. The van der Waals surface area contributed by atoms with Crippen LogP contribution in [0.3, 0.4) is 0 Å². The van der Waals surface area contributed by atoms with Gasteiger partial charge in [0.2, 0.25) is 0 Å². The smallest absolute Gasteiger partial charge is 0.124 e. The van der Waals surface area contributed by atoms with Crippen molar-refractivity contribution in [3.8, 4) is 0 Å². The van der Waals surface area contributed by atoms with Crippen molar-refractivity contribution in [3.63, 3.8) is 0 Å². The summed E-state index contributed by atoms with van der Waals surface area (Å²) in [6.45, 7) is 7.69. The van der Waals surface area contributed by atoms with Crippen LogP contribution in [0, 0.1) is 19.8 Å². The summed E-state index contributed by atoms with van der Waals surface area (Å²) in [6, 6.07) is 4.77. The highest BCUT2D eigenvalue weighted by Gasteiger charge is 2.22. The molecule has 1 fully saturated rings. The highest BCUT2D eigenvalue weighted by Crippen LogP contribution is 2.27. The molecule has 0 spiro atoms. The van der Waals surface area contributed by atoms with Crippen molar-refractivity contribution in [2.75, 3.05) is 6.54 Å². The predicted molar refractivity (Wildman–Crippen MR) is 74.7 cm³/mol. The molecule has 2 atom stereocenters. The average Bonchev–Trinajstić information content (AvgIpc) is 2.73. The van der Waals surface area contributed by atoms with Crippen molar-refractivity contribution in [2.24, 2.45) is 5.92 Å². The molecule has 2 unspecified atom stereocenters. The lowest BCUT2D eigenvalue weighted by Crippen LogP contribution is -2.31.